The molecule has 0 radical (unpaired) electrons. The highest BCUT2D eigenvalue weighted by Gasteiger charge is 2.22. The molecular formula is C9H13N3OS. The number of hydrogen-bond acceptors (Lipinski definition) is 3. The van der Waals surface area contributed by atoms with E-state index < -0.39 is 0 Å². The van der Waals surface area contributed by atoms with Crippen molar-refractivity contribution in [1.82, 2.24) is 15.3 Å². The van der Waals surface area contributed by atoms with E-state index in [1.54, 1.807) is 12.5 Å². The molecule has 2 N–H and O–H groups in total. The van der Waals surface area contributed by atoms with Crippen molar-refractivity contribution in [3.63, 3.8) is 0 Å². The van der Waals surface area contributed by atoms with Crippen LogP contribution in [0.15, 0.2) is 12.5 Å². The largest absolute Gasteiger partial charge is 0.350 e. The number of nitrogens with zero attached hydrogens (tertiary/aromatic N) is 1. The van der Waals surface area contributed by atoms with E-state index in [0.717, 1.165) is 23.6 Å². The van der Waals surface area contributed by atoms with Gasteiger partial charge in [-0.1, -0.05) is 0 Å². The summed E-state index contributed by atoms with van der Waals surface area (Å²) in [5, 5.41) is 2.90. The zero-order chi connectivity index (χ0) is 9.80. The Balaban J connectivity index is 1.77. The highest BCUT2D eigenvalue weighted by atomic mass is 32.2. The van der Waals surface area contributed by atoms with Crippen LogP contribution in [-0.4, -0.2) is 27.4 Å². The summed E-state index contributed by atoms with van der Waals surface area (Å²) < 4.78 is 0. The maximum Gasteiger partial charge on any atom is 0.224 e. The molecule has 1 fully saturated rings. The number of thioether (sulfide) groups is 1. The van der Waals surface area contributed by atoms with Gasteiger partial charge in [-0.25, -0.2) is 4.98 Å². The van der Waals surface area contributed by atoms with Crippen LogP contribution in [0.2, 0.25) is 0 Å². The molecule has 5 heteroatoms. The number of amides is 1. The maximum absolute atomic E-state index is 11.6. The minimum Gasteiger partial charge on any atom is -0.350 e. The van der Waals surface area contributed by atoms with Gasteiger partial charge in [-0.05, 0) is 12.2 Å². The zero-order valence-electron chi connectivity index (χ0n) is 7.82. The van der Waals surface area contributed by atoms with Crippen molar-refractivity contribution >= 4 is 17.7 Å². The average molecular weight is 211 g/mol. The topological polar surface area (TPSA) is 57.8 Å². The number of nitrogens with one attached hydrogen (secondary N) is 2. The molecule has 76 valence electrons. The molecule has 1 unspecified atom stereocenters. The summed E-state index contributed by atoms with van der Waals surface area (Å²) in [6.07, 6.45) is 4.36. The Labute approximate surface area is 86.9 Å². The van der Waals surface area contributed by atoms with Crippen molar-refractivity contribution in [2.75, 3.05) is 11.5 Å². The maximum atomic E-state index is 11.6. The van der Waals surface area contributed by atoms with Crippen LogP contribution in [0.25, 0.3) is 0 Å². The number of carbonyl (C=O) groups excluding carboxylic acids is 1. The smallest absolute Gasteiger partial charge is 0.224 e. The summed E-state index contributed by atoms with van der Waals surface area (Å²) in [6, 6.07) is 0. The molecule has 0 spiro atoms. The van der Waals surface area contributed by atoms with Crippen LogP contribution in [0.4, 0.5) is 0 Å². The number of imidazole rings is 1. The highest BCUT2D eigenvalue weighted by molar-refractivity contribution is 7.99. The van der Waals surface area contributed by atoms with Gasteiger partial charge in [-0.15, -0.1) is 0 Å². The van der Waals surface area contributed by atoms with Crippen LogP contribution in [0.3, 0.4) is 0 Å². The van der Waals surface area contributed by atoms with E-state index in [1.807, 2.05) is 11.8 Å². The van der Waals surface area contributed by atoms with Crippen LogP contribution in [0.5, 0.6) is 0 Å². The molecule has 1 aliphatic heterocycles. The molecule has 1 saturated heterocycles. The fraction of sp³-hybridized carbons (Fsp3) is 0.556. The molecule has 1 amide bonds. The molecule has 1 atom stereocenters. The van der Waals surface area contributed by atoms with E-state index in [9.17, 15) is 4.79 Å². The van der Waals surface area contributed by atoms with E-state index in [-0.39, 0.29) is 11.8 Å². The molecule has 0 saturated carbocycles. The monoisotopic (exact) mass is 211 g/mol. The van der Waals surface area contributed by atoms with Gasteiger partial charge in [-0.2, -0.15) is 11.8 Å². The van der Waals surface area contributed by atoms with Crippen molar-refractivity contribution in [1.29, 1.82) is 0 Å². The fourth-order valence-corrected chi connectivity index (χ4v) is 2.67. The van der Waals surface area contributed by atoms with Crippen molar-refractivity contribution in [3.05, 3.63) is 18.2 Å². The molecule has 1 aromatic rings. The zero-order valence-corrected chi connectivity index (χ0v) is 8.64. The Bertz CT molecular complexity index is 293. The molecule has 0 aromatic carbocycles. The number of aromatic nitrogens is 2. The lowest BCUT2D eigenvalue weighted by Crippen LogP contribution is -2.30. The number of H-pyrrole nitrogens is 1. The molecule has 1 aliphatic rings. The van der Waals surface area contributed by atoms with Gasteiger partial charge in [0.15, 0.2) is 0 Å². The van der Waals surface area contributed by atoms with Crippen molar-refractivity contribution in [2.24, 2.45) is 5.92 Å². The standard InChI is InChI=1S/C9H13N3OS/c13-9(7-1-2-14-5-7)11-4-8-3-10-6-12-8/h3,6-7H,1-2,4-5H2,(H,10,12)(H,11,13). The number of rotatable bonds is 3. The first kappa shape index (κ1) is 9.58. The summed E-state index contributed by atoms with van der Waals surface area (Å²) >= 11 is 1.85. The van der Waals surface area contributed by atoms with Crippen molar-refractivity contribution in [3.8, 4) is 0 Å². The third kappa shape index (κ3) is 2.29. The molecule has 2 rings (SSSR count). The third-order valence-corrected chi connectivity index (χ3v) is 3.47. The van der Waals surface area contributed by atoms with Gasteiger partial charge in [0, 0.05) is 17.9 Å². The first-order valence-electron chi connectivity index (χ1n) is 4.69. The first-order chi connectivity index (χ1) is 6.86. The molecule has 0 aliphatic carbocycles. The van der Waals surface area contributed by atoms with Gasteiger partial charge in [0.25, 0.3) is 0 Å². The SMILES string of the molecule is O=C(NCc1cnc[nH]1)C1CCSC1. The van der Waals surface area contributed by atoms with Gasteiger partial charge >= 0.3 is 0 Å². The second kappa shape index (κ2) is 4.50. The molecule has 1 aromatic heterocycles. The minimum absolute atomic E-state index is 0.171. The Hall–Kier alpha value is -0.970. The Morgan fingerprint density at radius 2 is 2.71 bits per heavy atom. The molecule has 4 nitrogen and oxygen atoms in total. The summed E-state index contributed by atoms with van der Waals surface area (Å²) in [4.78, 5) is 18.4. The van der Waals surface area contributed by atoms with Crippen LogP contribution >= 0.6 is 11.8 Å². The third-order valence-electron chi connectivity index (χ3n) is 2.31. The van der Waals surface area contributed by atoms with Crippen molar-refractivity contribution in [2.45, 2.75) is 13.0 Å². The molecule has 14 heavy (non-hydrogen) atoms. The lowest BCUT2D eigenvalue weighted by Gasteiger charge is -2.08. The summed E-state index contributed by atoms with van der Waals surface area (Å²) in [5.41, 5.74) is 0.948. The Kier molecular flexibility index (Phi) is 3.08. The van der Waals surface area contributed by atoms with Gasteiger partial charge in [0.1, 0.15) is 0 Å². The number of aromatic amines is 1. The van der Waals surface area contributed by atoms with Gasteiger partial charge in [-0.3, -0.25) is 4.79 Å². The fourth-order valence-electron chi connectivity index (χ4n) is 1.45. The normalized spacial score (nSPS) is 21.0. The van der Waals surface area contributed by atoms with Gasteiger partial charge in [0.05, 0.1) is 18.6 Å². The second-order valence-electron chi connectivity index (χ2n) is 3.36. The Morgan fingerprint density at radius 3 is 3.36 bits per heavy atom. The van der Waals surface area contributed by atoms with E-state index in [1.165, 1.54) is 0 Å². The van der Waals surface area contributed by atoms with Crippen LogP contribution in [0.1, 0.15) is 12.1 Å². The Morgan fingerprint density at radius 1 is 1.79 bits per heavy atom. The quantitative estimate of drug-likeness (QED) is 0.776. The highest BCUT2D eigenvalue weighted by Crippen LogP contribution is 2.23. The van der Waals surface area contributed by atoms with Crippen LogP contribution in [0, 0.1) is 5.92 Å². The van der Waals surface area contributed by atoms with E-state index in [4.69, 9.17) is 0 Å². The minimum atomic E-state index is 0.171. The second-order valence-corrected chi connectivity index (χ2v) is 4.50. The van der Waals surface area contributed by atoms with E-state index in [2.05, 4.69) is 15.3 Å². The first-order valence-corrected chi connectivity index (χ1v) is 5.84. The lowest BCUT2D eigenvalue weighted by molar-refractivity contribution is -0.124. The van der Waals surface area contributed by atoms with Crippen LogP contribution in [-0.2, 0) is 11.3 Å². The summed E-state index contributed by atoms with van der Waals surface area (Å²) in [6.45, 7) is 0.556. The molecule has 2 heterocycles. The summed E-state index contributed by atoms with van der Waals surface area (Å²) in [7, 11) is 0. The van der Waals surface area contributed by atoms with Gasteiger partial charge in [0.2, 0.25) is 5.91 Å². The predicted octanol–water partition coefficient (Wildman–Crippen LogP) is 0.779. The van der Waals surface area contributed by atoms with Gasteiger partial charge < -0.3 is 10.3 Å². The molecular weight excluding hydrogens is 198 g/mol. The molecule has 0 bridgehead atoms. The predicted molar refractivity (Wildman–Crippen MR) is 55.9 cm³/mol. The average Bonchev–Trinajstić information content (AvgIpc) is 2.87. The van der Waals surface area contributed by atoms with E-state index >= 15 is 0 Å². The summed E-state index contributed by atoms with van der Waals surface area (Å²) in [5.74, 6) is 2.46. The van der Waals surface area contributed by atoms with Crippen LogP contribution < -0.4 is 5.32 Å². The number of carbonyl (C=O) groups is 1. The van der Waals surface area contributed by atoms with Crippen molar-refractivity contribution < 1.29 is 4.79 Å². The number of hydrogen-bond donors (Lipinski definition) is 2. The van der Waals surface area contributed by atoms with E-state index in [0.29, 0.717) is 6.54 Å². The lowest BCUT2D eigenvalue weighted by atomic mass is 10.1.